The molecule has 0 radical (unpaired) electrons. The normalized spacial score (nSPS) is 20.0. The molecule has 0 aromatic rings. The predicted octanol–water partition coefficient (Wildman–Crippen LogP) is 2.70. The summed E-state index contributed by atoms with van der Waals surface area (Å²) in [6.07, 6.45) is 1.02. The number of aliphatic hydroxyl groups excluding tert-OH is 1. The van der Waals surface area contributed by atoms with Crippen molar-refractivity contribution in [2.45, 2.75) is 40.0 Å². The molecule has 0 aliphatic rings. The lowest BCUT2D eigenvalue weighted by molar-refractivity contribution is 0.0681. The Kier molecular flexibility index (Phi) is 22.5. The van der Waals surface area contributed by atoms with Crippen molar-refractivity contribution in [3.05, 3.63) is 0 Å². The van der Waals surface area contributed by atoms with Crippen molar-refractivity contribution in [1.82, 2.24) is 0 Å². The van der Waals surface area contributed by atoms with E-state index in [0.717, 1.165) is 0 Å². The summed E-state index contributed by atoms with van der Waals surface area (Å²) in [7, 11) is -23.3. The highest BCUT2D eigenvalue weighted by atomic mass is 31.2. The van der Waals surface area contributed by atoms with Crippen molar-refractivity contribution in [2.75, 3.05) is 66.1 Å². The lowest BCUT2D eigenvalue weighted by Crippen LogP contribution is -2.16. The third-order valence-corrected chi connectivity index (χ3v) is 9.97. The highest BCUT2D eigenvalue weighted by Crippen LogP contribution is 2.48. The van der Waals surface area contributed by atoms with E-state index in [1.807, 2.05) is 0 Å². The Morgan fingerprint density at radius 2 is 0.667 bits per heavy atom. The molecule has 7 atom stereocenters. The molecule has 0 amide bonds. The molecule has 0 aromatic heterocycles. The Hall–Kier alpha value is 0.510. The maximum Gasteiger partial charge on any atom is 0.472 e. The van der Waals surface area contributed by atoms with Crippen LogP contribution in [0.3, 0.4) is 0 Å². The Morgan fingerprint density at radius 1 is 0.422 bits per heavy atom. The zero-order chi connectivity index (χ0) is 34.8. The largest absolute Gasteiger partial charge is 0.472 e. The first-order chi connectivity index (χ1) is 20.7. The molecule has 0 saturated carbocycles. The lowest BCUT2D eigenvalue weighted by atomic mass is 10.1. The van der Waals surface area contributed by atoms with Gasteiger partial charge in [0, 0.05) is 24.4 Å². The fourth-order valence-corrected chi connectivity index (χ4v) is 6.15. The van der Waals surface area contributed by atoms with E-state index < -0.39 is 104 Å². The Balaban J connectivity index is 4.42. The van der Waals surface area contributed by atoms with Crippen LogP contribution in [0.5, 0.6) is 0 Å². The van der Waals surface area contributed by atoms with Crippen molar-refractivity contribution in [2.24, 2.45) is 17.8 Å². The van der Waals surface area contributed by atoms with Gasteiger partial charge >= 0.3 is 39.1 Å². The molecule has 272 valence electrons. The fraction of sp³-hybridized carbons (Fsp3) is 1.00. The molecule has 0 bridgehead atoms. The molecule has 21 nitrogen and oxygen atoms in total. The molecule has 0 rings (SSSR count). The monoisotopic (exact) mass is 764 g/mol. The number of hydrogen-bond donors (Lipinski definition) is 7. The molecule has 7 N–H and O–H groups in total. The first kappa shape index (κ1) is 45.5. The zero-order valence-corrected chi connectivity index (χ0v) is 29.5. The molecule has 0 heterocycles. The lowest BCUT2D eigenvalue weighted by Gasteiger charge is -2.20. The maximum atomic E-state index is 12.1. The van der Waals surface area contributed by atoms with E-state index >= 15 is 0 Å². The molecule has 0 aliphatic carbocycles. The van der Waals surface area contributed by atoms with Gasteiger partial charge in [0.25, 0.3) is 0 Å². The minimum atomic E-state index is -4.74. The summed E-state index contributed by atoms with van der Waals surface area (Å²) >= 11 is 0. The summed E-state index contributed by atoms with van der Waals surface area (Å²) in [6.45, 7) is -0.00827. The van der Waals surface area contributed by atoms with Crippen LogP contribution < -0.4 is 0 Å². The van der Waals surface area contributed by atoms with Gasteiger partial charge in [-0.05, 0) is 19.3 Å². The Bertz CT molecular complexity index is 1050. The van der Waals surface area contributed by atoms with Gasteiger partial charge in [-0.15, -0.1) is 0 Å². The van der Waals surface area contributed by atoms with Gasteiger partial charge in [-0.25, -0.2) is 22.8 Å². The SMILES string of the molecule is CCC(CO)COP(=O)(O)OCCOP(=O)(O)OCC(CC)COP(=O)(O)OCCOP(=O)(O)OCC(CC)COP(=O)(O)O. The molecular formula is C19H45O21P5. The van der Waals surface area contributed by atoms with Crippen molar-refractivity contribution in [3.8, 4) is 0 Å². The van der Waals surface area contributed by atoms with E-state index in [9.17, 15) is 42.4 Å². The maximum absolute atomic E-state index is 12.1. The molecule has 45 heavy (non-hydrogen) atoms. The van der Waals surface area contributed by atoms with Crippen LogP contribution >= 0.6 is 39.1 Å². The van der Waals surface area contributed by atoms with Crippen molar-refractivity contribution in [1.29, 1.82) is 0 Å². The summed E-state index contributed by atoms with van der Waals surface area (Å²) in [5.41, 5.74) is 0. The van der Waals surface area contributed by atoms with Gasteiger partial charge in [0.1, 0.15) is 0 Å². The third-order valence-electron chi connectivity index (χ3n) is 5.55. The summed E-state index contributed by atoms with van der Waals surface area (Å²) < 4.78 is 101. The van der Waals surface area contributed by atoms with Crippen LogP contribution in [0, 0.1) is 17.8 Å². The van der Waals surface area contributed by atoms with Crippen molar-refractivity contribution >= 4 is 39.1 Å². The van der Waals surface area contributed by atoms with Crippen LogP contribution in [0.2, 0.25) is 0 Å². The third kappa shape index (κ3) is 25.2. The summed E-state index contributed by atoms with van der Waals surface area (Å²) in [5.74, 6) is -1.73. The fourth-order valence-electron chi connectivity index (χ4n) is 2.63. The number of phosphoric ester groups is 5. The molecular weight excluding hydrogens is 719 g/mol. The van der Waals surface area contributed by atoms with Gasteiger partial charge in [-0.1, -0.05) is 20.8 Å². The standard InChI is InChI=1S/C19H45O21P5/c1-4-17(11-20)12-37-42(24,25)32-7-8-34-44(28,29)39-15-19(6-3)16-40-45(30,31)35-10-9-33-43(26,27)38-14-18(5-2)13-36-41(21,22)23/h17-20H,4-16H2,1-3H3,(H,24,25)(H,26,27)(H,28,29)(H,30,31)(H2,21,22,23). The van der Waals surface area contributed by atoms with Crippen LogP contribution in [0.15, 0.2) is 0 Å². The molecule has 0 saturated heterocycles. The van der Waals surface area contributed by atoms with Crippen LogP contribution in [0.1, 0.15) is 40.0 Å². The highest BCUT2D eigenvalue weighted by Gasteiger charge is 2.29. The Labute approximate surface area is 261 Å². The van der Waals surface area contributed by atoms with Crippen LogP contribution in [0.25, 0.3) is 0 Å². The first-order valence-corrected chi connectivity index (χ1v) is 21.0. The molecule has 0 spiro atoms. The smallest absolute Gasteiger partial charge is 0.396 e. The van der Waals surface area contributed by atoms with Crippen LogP contribution in [-0.2, 0) is 63.5 Å². The van der Waals surface area contributed by atoms with Crippen LogP contribution in [-0.4, -0.2) is 101 Å². The van der Waals surface area contributed by atoms with Gasteiger partial charge < -0.3 is 34.5 Å². The van der Waals surface area contributed by atoms with Gasteiger partial charge in [-0.3, -0.25) is 40.7 Å². The molecule has 0 aromatic carbocycles. The quantitative estimate of drug-likeness (QED) is 0.0425. The minimum Gasteiger partial charge on any atom is -0.396 e. The number of hydrogen-bond acceptors (Lipinski definition) is 15. The van der Waals surface area contributed by atoms with Crippen LogP contribution in [0.4, 0.5) is 0 Å². The average molecular weight is 764 g/mol. The Morgan fingerprint density at radius 3 is 0.889 bits per heavy atom. The van der Waals surface area contributed by atoms with Gasteiger partial charge in [0.15, 0.2) is 0 Å². The first-order valence-electron chi connectivity index (χ1n) is 13.5. The van der Waals surface area contributed by atoms with E-state index in [2.05, 4.69) is 22.6 Å². The second kappa shape index (κ2) is 22.3. The van der Waals surface area contributed by atoms with Crippen molar-refractivity contribution in [3.63, 3.8) is 0 Å². The van der Waals surface area contributed by atoms with Gasteiger partial charge in [-0.2, -0.15) is 0 Å². The zero-order valence-electron chi connectivity index (χ0n) is 25.0. The van der Waals surface area contributed by atoms with Gasteiger partial charge in [0.05, 0.1) is 59.5 Å². The molecule has 7 unspecified atom stereocenters. The average Bonchev–Trinajstić information content (AvgIpc) is 2.93. The summed E-state index contributed by atoms with van der Waals surface area (Å²) in [6, 6.07) is 0. The molecule has 26 heteroatoms. The second-order valence-corrected chi connectivity index (χ2v) is 16.2. The van der Waals surface area contributed by atoms with E-state index in [4.69, 9.17) is 33.0 Å². The van der Waals surface area contributed by atoms with E-state index in [0.29, 0.717) is 6.42 Å². The number of rotatable bonds is 29. The second-order valence-electron chi connectivity index (χ2n) is 9.18. The minimum absolute atomic E-state index is 0.243. The summed E-state index contributed by atoms with van der Waals surface area (Å²) in [5, 5.41) is 9.07. The number of phosphoric acid groups is 5. The predicted molar refractivity (Wildman–Crippen MR) is 153 cm³/mol. The van der Waals surface area contributed by atoms with E-state index in [-0.39, 0.29) is 32.0 Å². The molecule has 0 aliphatic heterocycles. The van der Waals surface area contributed by atoms with Crippen molar-refractivity contribution < 1.29 is 98.0 Å². The highest BCUT2D eigenvalue weighted by molar-refractivity contribution is 7.48. The van der Waals surface area contributed by atoms with Gasteiger partial charge in [0.2, 0.25) is 0 Å². The number of aliphatic hydroxyl groups is 1. The van der Waals surface area contributed by atoms with E-state index in [1.54, 1.807) is 20.8 Å². The summed E-state index contributed by atoms with van der Waals surface area (Å²) in [4.78, 5) is 56.4. The topological polar surface area (TPSA) is 310 Å². The van der Waals surface area contributed by atoms with E-state index in [1.165, 1.54) is 0 Å². The molecule has 0 fully saturated rings.